The number of aliphatic hydroxyl groups is 1. The lowest BCUT2D eigenvalue weighted by molar-refractivity contribution is 0.0630. The van der Waals surface area contributed by atoms with Crippen molar-refractivity contribution in [3.05, 3.63) is 77.8 Å². The van der Waals surface area contributed by atoms with Gasteiger partial charge in [0, 0.05) is 11.3 Å². The lowest BCUT2D eigenvalue weighted by atomic mass is 10.1. The van der Waals surface area contributed by atoms with Crippen LogP contribution in [0.1, 0.15) is 33.9 Å². The molecule has 0 unspecified atom stereocenters. The van der Waals surface area contributed by atoms with Crippen LogP contribution in [0.15, 0.2) is 71.7 Å². The van der Waals surface area contributed by atoms with Gasteiger partial charge in [0.15, 0.2) is 22.9 Å². The Balaban J connectivity index is 1.39. The first-order valence-electron chi connectivity index (χ1n) is 11.5. The fourth-order valence-corrected chi connectivity index (χ4v) is 4.53. The molecule has 0 aliphatic rings. The highest BCUT2D eigenvalue weighted by molar-refractivity contribution is 7.16. The lowest BCUT2D eigenvalue weighted by Crippen LogP contribution is -2.27. The second kappa shape index (κ2) is 9.96. The molecule has 0 aliphatic heterocycles. The Hall–Kier alpha value is -4.35. The van der Waals surface area contributed by atoms with Crippen LogP contribution in [0.4, 0.5) is 11.6 Å². The largest absolute Gasteiger partial charge is 0.441 e. The molecular formula is C26H24N6O4S. The normalized spacial score (nSPS) is 11.5. The number of nitrogens with zero attached hydrogens (tertiary/aromatic N) is 4. The van der Waals surface area contributed by atoms with E-state index in [-0.39, 0.29) is 30.7 Å². The van der Waals surface area contributed by atoms with Crippen LogP contribution in [-0.4, -0.2) is 48.5 Å². The molecule has 0 atom stereocenters. The Morgan fingerprint density at radius 1 is 1.14 bits per heavy atom. The number of carbonyl (C=O) groups excluding carboxylic acids is 2. The Labute approximate surface area is 216 Å². The van der Waals surface area contributed by atoms with E-state index in [0.717, 1.165) is 5.52 Å². The summed E-state index contributed by atoms with van der Waals surface area (Å²) in [5.41, 5.74) is 1.61. The van der Waals surface area contributed by atoms with E-state index in [9.17, 15) is 14.7 Å². The van der Waals surface area contributed by atoms with Crippen molar-refractivity contribution in [1.82, 2.24) is 19.5 Å². The zero-order valence-electron chi connectivity index (χ0n) is 20.1. The summed E-state index contributed by atoms with van der Waals surface area (Å²) < 4.78 is 7.00. The summed E-state index contributed by atoms with van der Waals surface area (Å²) in [5, 5.41) is 17.0. The molecule has 0 fully saturated rings. The highest BCUT2D eigenvalue weighted by Crippen LogP contribution is 2.28. The number of carbonyl (C=O) groups is 2. The molecule has 10 nitrogen and oxygen atoms in total. The Morgan fingerprint density at radius 2 is 1.95 bits per heavy atom. The monoisotopic (exact) mass is 516 g/mol. The summed E-state index contributed by atoms with van der Waals surface area (Å²) in [6.07, 6.45) is 4.30. The van der Waals surface area contributed by atoms with Crippen LogP contribution in [0.2, 0.25) is 0 Å². The Bertz CT molecular complexity index is 1550. The van der Waals surface area contributed by atoms with Gasteiger partial charge in [-0.2, -0.15) is 0 Å². The quantitative estimate of drug-likeness (QED) is 0.244. The van der Waals surface area contributed by atoms with Crippen molar-refractivity contribution in [3.8, 4) is 10.8 Å². The van der Waals surface area contributed by atoms with Gasteiger partial charge in [-0.05, 0) is 32.0 Å². The minimum Gasteiger partial charge on any atom is -0.441 e. The standard InChI is InChI=1S/C26H24N6O4S/c1-26(2,35)14-32-19-9-8-17(28-11-20(33)16-6-4-3-5-7-16)10-18(19)30-25(32)31-23(34)22-13-29-24(37-22)21-12-27-15-36-21/h3-10,12-13,15,28,35H,11,14H2,1-2H3,(H,30,31,34). The first-order valence-corrected chi connectivity index (χ1v) is 12.3. The molecule has 0 bridgehead atoms. The number of fused-ring (bicyclic) bond motifs is 1. The predicted octanol–water partition coefficient (Wildman–Crippen LogP) is 4.47. The van der Waals surface area contributed by atoms with Crippen LogP contribution < -0.4 is 10.6 Å². The third-order valence-corrected chi connectivity index (χ3v) is 6.45. The Kier molecular flexibility index (Phi) is 6.55. The van der Waals surface area contributed by atoms with Gasteiger partial charge in [-0.1, -0.05) is 30.3 Å². The number of aromatic nitrogens is 4. The molecule has 0 spiro atoms. The minimum absolute atomic E-state index is 0.0320. The van der Waals surface area contributed by atoms with Gasteiger partial charge in [0.2, 0.25) is 5.95 Å². The van der Waals surface area contributed by atoms with Gasteiger partial charge < -0.3 is 19.4 Å². The van der Waals surface area contributed by atoms with Gasteiger partial charge in [0.1, 0.15) is 4.88 Å². The second-order valence-corrected chi connectivity index (χ2v) is 10.1. The maximum atomic E-state index is 13.0. The van der Waals surface area contributed by atoms with Crippen molar-refractivity contribution in [3.63, 3.8) is 0 Å². The van der Waals surface area contributed by atoms with E-state index in [2.05, 4.69) is 25.6 Å². The fraction of sp³-hybridized carbons (Fsp3) is 0.192. The molecule has 11 heteroatoms. The Morgan fingerprint density at radius 3 is 2.68 bits per heavy atom. The summed E-state index contributed by atoms with van der Waals surface area (Å²) in [7, 11) is 0. The SMILES string of the molecule is CC(C)(O)Cn1c(NC(=O)c2cnc(-c3cnco3)s2)nc2cc(NCC(=O)c3ccccc3)ccc21. The maximum Gasteiger partial charge on any atom is 0.269 e. The van der Waals surface area contributed by atoms with Crippen molar-refractivity contribution in [2.24, 2.45) is 0 Å². The summed E-state index contributed by atoms with van der Waals surface area (Å²) in [4.78, 5) is 38.6. The number of benzene rings is 2. The first kappa shape index (κ1) is 24.3. The molecule has 5 aromatic rings. The number of anilines is 2. The van der Waals surface area contributed by atoms with Crippen LogP contribution >= 0.6 is 11.3 Å². The summed E-state index contributed by atoms with van der Waals surface area (Å²) in [5.74, 6) is 0.344. The van der Waals surface area contributed by atoms with E-state index in [1.165, 1.54) is 30.1 Å². The molecule has 0 radical (unpaired) electrons. The van der Waals surface area contributed by atoms with Crippen molar-refractivity contribution in [2.75, 3.05) is 17.2 Å². The van der Waals surface area contributed by atoms with E-state index >= 15 is 0 Å². The van der Waals surface area contributed by atoms with Crippen molar-refractivity contribution < 1.29 is 19.1 Å². The molecule has 0 saturated heterocycles. The first-order chi connectivity index (χ1) is 17.8. The molecule has 1 amide bonds. The highest BCUT2D eigenvalue weighted by atomic mass is 32.1. The lowest BCUT2D eigenvalue weighted by Gasteiger charge is -2.20. The van der Waals surface area contributed by atoms with Gasteiger partial charge >= 0.3 is 0 Å². The number of hydrogen-bond acceptors (Lipinski definition) is 9. The number of rotatable bonds is 9. The van der Waals surface area contributed by atoms with Gasteiger partial charge in [0.05, 0.1) is 42.1 Å². The third kappa shape index (κ3) is 5.57. The number of hydrogen-bond donors (Lipinski definition) is 3. The third-order valence-electron chi connectivity index (χ3n) is 5.44. The van der Waals surface area contributed by atoms with E-state index in [4.69, 9.17) is 4.42 Å². The molecule has 2 aromatic carbocycles. The molecule has 0 saturated carbocycles. The van der Waals surface area contributed by atoms with Gasteiger partial charge in [-0.3, -0.25) is 14.9 Å². The number of amides is 1. The van der Waals surface area contributed by atoms with Crippen LogP contribution in [0, 0.1) is 0 Å². The second-order valence-electron chi connectivity index (χ2n) is 9.03. The molecule has 3 aromatic heterocycles. The van der Waals surface area contributed by atoms with Gasteiger partial charge in [-0.15, -0.1) is 11.3 Å². The van der Waals surface area contributed by atoms with Crippen LogP contribution in [-0.2, 0) is 6.54 Å². The number of nitrogens with one attached hydrogen (secondary N) is 2. The molecule has 3 N–H and O–H groups in total. The molecule has 188 valence electrons. The zero-order chi connectivity index (χ0) is 26.0. The summed E-state index contributed by atoms with van der Waals surface area (Å²) in [6.45, 7) is 3.69. The average molecular weight is 517 g/mol. The zero-order valence-corrected chi connectivity index (χ0v) is 21.0. The van der Waals surface area contributed by atoms with E-state index < -0.39 is 5.60 Å². The predicted molar refractivity (Wildman–Crippen MR) is 141 cm³/mol. The fourth-order valence-electron chi connectivity index (χ4n) is 3.77. The maximum absolute atomic E-state index is 13.0. The van der Waals surface area contributed by atoms with E-state index in [1.807, 2.05) is 30.3 Å². The number of oxazole rings is 1. The van der Waals surface area contributed by atoms with Crippen LogP contribution in [0.25, 0.3) is 21.8 Å². The molecule has 3 heterocycles. The van der Waals surface area contributed by atoms with E-state index in [0.29, 0.717) is 32.4 Å². The molecule has 37 heavy (non-hydrogen) atoms. The minimum atomic E-state index is -1.06. The van der Waals surface area contributed by atoms with Crippen molar-refractivity contribution in [2.45, 2.75) is 26.0 Å². The number of ketones is 1. The van der Waals surface area contributed by atoms with Crippen LogP contribution in [0.5, 0.6) is 0 Å². The number of imidazole rings is 1. The molecule has 0 aliphatic carbocycles. The topological polar surface area (TPSA) is 135 Å². The van der Waals surface area contributed by atoms with Gasteiger partial charge in [0.25, 0.3) is 5.91 Å². The van der Waals surface area contributed by atoms with Crippen molar-refractivity contribution >= 4 is 45.7 Å². The summed E-state index contributed by atoms with van der Waals surface area (Å²) in [6, 6.07) is 14.5. The smallest absolute Gasteiger partial charge is 0.269 e. The van der Waals surface area contributed by atoms with Crippen LogP contribution in [0.3, 0.4) is 0 Å². The molecular weight excluding hydrogens is 492 g/mol. The highest BCUT2D eigenvalue weighted by Gasteiger charge is 2.22. The number of thiazole rings is 1. The van der Waals surface area contributed by atoms with Crippen molar-refractivity contribution in [1.29, 1.82) is 0 Å². The van der Waals surface area contributed by atoms with E-state index in [1.54, 1.807) is 36.6 Å². The van der Waals surface area contributed by atoms with Gasteiger partial charge in [-0.25, -0.2) is 15.0 Å². The average Bonchev–Trinajstić information content (AvgIpc) is 3.63. The molecule has 5 rings (SSSR count). The number of Topliss-reactive ketones (excluding diaryl/α,β-unsaturated/α-hetero) is 1. The summed E-state index contributed by atoms with van der Waals surface area (Å²) >= 11 is 1.17.